The predicted octanol–water partition coefficient (Wildman–Crippen LogP) is 3.04. The highest BCUT2D eigenvalue weighted by Crippen LogP contribution is 2.33. The van der Waals surface area contributed by atoms with Crippen molar-refractivity contribution in [3.8, 4) is 0 Å². The molecule has 1 aliphatic heterocycles. The summed E-state index contributed by atoms with van der Waals surface area (Å²) in [6, 6.07) is 3.01. The van der Waals surface area contributed by atoms with Gasteiger partial charge in [-0.25, -0.2) is 4.39 Å². The van der Waals surface area contributed by atoms with Crippen molar-refractivity contribution in [3.05, 3.63) is 29.1 Å². The van der Waals surface area contributed by atoms with Gasteiger partial charge in [0.15, 0.2) is 0 Å². The van der Waals surface area contributed by atoms with Crippen LogP contribution in [0.2, 0.25) is 0 Å². The maximum Gasteiger partial charge on any atom is 0.224 e. The molecule has 2 atom stereocenters. The Bertz CT molecular complexity index is 499. The lowest BCUT2D eigenvalue weighted by atomic mass is 9.86. The zero-order valence-corrected chi connectivity index (χ0v) is 11.5. The zero-order chi connectivity index (χ0) is 14.2. The molecule has 4 heteroatoms. The topological polar surface area (TPSA) is 49.3 Å². The summed E-state index contributed by atoms with van der Waals surface area (Å²) in [5.41, 5.74) is 1.75. The summed E-state index contributed by atoms with van der Waals surface area (Å²) < 4.78 is 14.1. The van der Waals surface area contributed by atoms with Crippen molar-refractivity contribution in [2.75, 3.05) is 5.32 Å². The van der Waals surface area contributed by atoms with Crippen LogP contribution >= 0.6 is 0 Å². The number of aliphatic hydroxyl groups excluding tert-OH is 1. The van der Waals surface area contributed by atoms with Crippen LogP contribution in [0.1, 0.15) is 44.4 Å². The quantitative estimate of drug-likeness (QED) is 0.882. The Hall–Kier alpha value is -1.42. The van der Waals surface area contributed by atoms with Crippen LogP contribution in [-0.4, -0.2) is 11.0 Å². The van der Waals surface area contributed by atoms with Crippen LogP contribution in [0.3, 0.4) is 0 Å². The monoisotopic (exact) mass is 265 g/mol. The lowest BCUT2D eigenvalue weighted by Gasteiger charge is -2.25. The molecule has 19 heavy (non-hydrogen) atoms. The molecule has 104 valence electrons. The molecule has 1 heterocycles. The number of fused-ring (bicyclic) bond motifs is 1. The van der Waals surface area contributed by atoms with Crippen molar-refractivity contribution in [2.24, 2.45) is 11.8 Å². The Morgan fingerprint density at radius 2 is 1.95 bits per heavy atom. The molecule has 2 rings (SSSR count). The second-order valence-corrected chi connectivity index (χ2v) is 5.63. The van der Waals surface area contributed by atoms with E-state index in [4.69, 9.17) is 0 Å². The van der Waals surface area contributed by atoms with Crippen LogP contribution in [0.5, 0.6) is 0 Å². The van der Waals surface area contributed by atoms with E-state index in [0.717, 1.165) is 5.56 Å². The average Bonchev–Trinajstić information content (AvgIpc) is 2.36. The second-order valence-electron chi connectivity index (χ2n) is 5.63. The number of anilines is 1. The van der Waals surface area contributed by atoms with Gasteiger partial charge in [0, 0.05) is 17.7 Å². The highest BCUT2D eigenvalue weighted by Gasteiger charge is 2.25. The van der Waals surface area contributed by atoms with Crippen molar-refractivity contribution >= 4 is 11.6 Å². The molecule has 2 unspecified atom stereocenters. The van der Waals surface area contributed by atoms with Gasteiger partial charge in [0.2, 0.25) is 5.91 Å². The first-order valence-corrected chi connectivity index (χ1v) is 6.70. The molecule has 3 nitrogen and oxygen atoms in total. The van der Waals surface area contributed by atoms with Gasteiger partial charge < -0.3 is 10.4 Å². The van der Waals surface area contributed by atoms with Crippen LogP contribution < -0.4 is 5.32 Å². The number of amides is 1. The molecular formula is C15H20FNO2. The van der Waals surface area contributed by atoms with Crippen molar-refractivity contribution in [1.29, 1.82) is 0 Å². The molecule has 0 saturated carbocycles. The van der Waals surface area contributed by atoms with Crippen LogP contribution in [0.15, 0.2) is 12.1 Å². The number of aliphatic hydroxyl groups is 1. The van der Waals surface area contributed by atoms with E-state index in [2.05, 4.69) is 5.32 Å². The number of rotatable bonds is 3. The van der Waals surface area contributed by atoms with Gasteiger partial charge >= 0.3 is 0 Å². The second kappa shape index (κ2) is 5.29. The lowest BCUT2D eigenvalue weighted by Crippen LogP contribution is -2.21. The van der Waals surface area contributed by atoms with E-state index in [0.29, 0.717) is 24.1 Å². The maximum atomic E-state index is 14.1. The normalized spacial score (nSPS) is 17.9. The summed E-state index contributed by atoms with van der Waals surface area (Å²) in [5.74, 6) is -0.299. The molecule has 0 fully saturated rings. The fourth-order valence-corrected chi connectivity index (χ4v) is 2.30. The van der Waals surface area contributed by atoms with E-state index in [1.165, 1.54) is 6.07 Å². The summed E-state index contributed by atoms with van der Waals surface area (Å²) >= 11 is 0. The fraction of sp³-hybridized carbons (Fsp3) is 0.533. The molecule has 1 aliphatic rings. The number of hydrogen-bond donors (Lipinski definition) is 2. The summed E-state index contributed by atoms with van der Waals surface area (Å²) in [7, 11) is 0. The van der Waals surface area contributed by atoms with E-state index in [1.54, 1.807) is 6.07 Å². The molecular weight excluding hydrogens is 245 g/mol. The van der Waals surface area contributed by atoms with E-state index in [9.17, 15) is 14.3 Å². The largest absolute Gasteiger partial charge is 0.388 e. The molecule has 1 aromatic carbocycles. The zero-order valence-electron chi connectivity index (χ0n) is 11.5. The smallest absolute Gasteiger partial charge is 0.224 e. The minimum absolute atomic E-state index is 0.0225. The average molecular weight is 265 g/mol. The third-order valence-corrected chi connectivity index (χ3v) is 3.99. The first kappa shape index (κ1) is 14.0. The fourth-order valence-electron chi connectivity index (χ4n) is 2.30. The van der Waals surface area contributed by atoms with Crippen LogP contribution in [0.25, 0.3) is 0 Å². The van der Waals surface area contributed by atoms with Crippen molar-refractivity contribution in [1.82, 2.24) is 0 Å². The number of hydrogen-bond acceptors (Lipinski definition) is 2. The molecule has 0 aliphatic carbocycles. The minimum atomic E-state index is -0.817. The predicted molar refractivity (Wildman–Crippen MR) is 72.3 cm³/mol. The number of carbonyl (C=O) groups excluding carboxylic acids is 1. The van der Waals surface area contributed by atoms with Crippen LogP contribution in [0.4, 0.5) is 10.1 Å². The van der Waals surface area contributed by atoms with E-state index in [-0.39, 0.29) is 17.7 Å². The lowest BCUT2D eigenvalue weighted by molar-refractivity contribution is -0.116. The highest BCUT2D eigenvalue weighted by atomic mass is 19.1. The summed E-state index contributed by atoms with van der Waals surface area (Å²) in [4.78, 5) is 11.3. The van der Waals surface area contributed by atoms with Crippen LogP contribution in [0, 0.1) is 17.7 Å². The van der Waals surface area contributed by atoms with E-state index >= 15 is 0 Å². The number of halogens is 1. The minimum Gasteiger partial charge on any atom is -0.388 e. The molecule has 0 aromatic heterocycles. The summed E-state index contributed by atoms with van der Waals surface area (Å²) in [6.07, 6.45) is 0.188. The van der Waals surface area contributed by atoms with Gasteiger partial charge in [-0.2, -0.15) is 0 Å². The standard InChI is InChI=1S/C15H20FNO2/c1-8(2)9(3)15(19)11-6-10-4-5-14(18)17-13(10)7-12(11)16/h6-9,15,19H,4-5H2,1-3H3,(H,17,18). The molecule has 1 amide bonds. The van der Waals surface area contributed by atoms with Gasteiger partial charge in [0.05, 0.1) is 6.10 Å². The summed E-state index contributed by atoms with van der Waals surface area (Å²) in [6.45, 7) is 5.92. The first-order chi connectivity index (χ1) is 8.90. The molecule has 0 radical (unpaired) electrons. The highest BCUT2D eigenvalue weighted by molar-refractivity contribution is 5.93. The number of carbonyl (C=O) groups is 1. The maximum absolute atomic E-state index is 14.1. The van der Waals surface area contributed by atoms with Gasteiger partial charge in [-0.1, -0.05) is 20.8 Å². The Kier molecular flexibility index (Phi) is 3.90. The SMILES string of the molecule is CC(C)C(C)C(O)c1cc2c(cc1F)NC(=O)CC2. The molecule has 1 aromatic rings. The first-order valence-electron chi connectivity index (χ1n) is 6.70. The number of benzene rings is 1. The Balaban J connectivity index is 2.35. The number of aryl methyl sites for hydroxylation is 1. The Morgan fingerprint density at radius 3 is 2.58 bits per heavy atom. The molecule has 2 N–H and O–H groups in total. The molecule has 0 spiro atoms. The van der Waals surface area contributed by atoms with Crippen molar-refractivity contribution in [3.63, 3.8) is 0 Å². The van der Waals surface area contributed by atoms with Crippen molar-refractivity contribution in [2.45, 2.75) is 39.7 Å². The third kappa shape index (κ3) is 2.78. The number of nitrogens with one attached hydrogen (secondary N) is 1. The molecule has 0 saturated heterocycles. The van der Waals surface area contributed by atoms with Gasteiger partial charge in [0.25, 0.3) is 0 Å². The molecule has 0 bridgehead atoms. The van der Waals surface area contributed by atoms with E-state index < -0.39 is 11.9 Å². The third-order valence-electron chi connectivity index (χ3n) is 3.99. The Labute approximate surface area is 112 Å². The summed E-state index contributed by atoms with van der Waals surface area (Å²) in [5, 5.41) is 12.9. The van der Waals surface area contributed by atoms with Crippen molar-refractivity contribution < 1.29 is 14.3 Å². The van der Waals surface area contributed by atoms with Gasteiger partial charge in [-0.15, -0.1) is 0 Å². The van der Waals surface area contributed by atoms with Gasteiger partial charge in [-0.3, -0.25) is 4.79 Å². The Morgan fingerprint density at radius 1 is 1.26 bits per heavy atom. The van der Waals surface area contributed by atoms with E-state index in [1.807, 2.05) is 20.8 Å². The van der Waals surface area contributed by atoms with Gasteiger partial charge in [0.1, 0.15) is 5.82 Å². The van der Waals surface area contributed by atoms with Gasteiger partial charge in [-0.05, 0) is 36.0 Å². The van der Waals surface area contributed by atoms with Crippen LogP contribution in [-0.2, 0) is 11.2 Å².